The van der Waals surface area contributed by atoms with E-state index >= 15 is 0 Å². The fourth-order valence-electron chi connectivity index (χ4n) is 3.94. The first-order valence-corrected chi connectivity index (χ1v) is 9.55. The van der Waals surface area contributed by atoms with Crippen LogP contribution in [0.4, 0.5) is 0 Å². The Morgan fingerprint density at radius 2 is 2.04 bits per heavy atom. The van der Waals surface area contributed by atoms with E-state index in [9.17, 15) is 19.5 Å². The van der Waals surface area contributed by atoms with Crippen molar-refractivity contribution in [3.05, 3.63) is 23.8 Å². The van der Waals surface area contributed by atoms with E-state index in [0.29, 0.717) is 18.3 Å². The van der Waals surface area contributed by atoms with Crippen LogP contribution in [-0.2, 0) is 9.59 Å². The van der Waals surface area contributed by atoms with E-state index in [1.54, 1.807) is 0 Å². The predicted octanol–water partition coefficient (Wildman–Crippen LogP) is 2.35. The van der Waals surface area contributed by atoms with Crippen molar-refractivity contribution in [3.8, 4) is 11.5 Å². The molecule has 0 radical (unpaired) electrons. The molecule has 1 aromatic rings. The summed E-state index contributed by atoms with van der Waals surface area (Å²) in [5.41, 5.74) is -1.10. The first-order valence-electron chi connectivity index (χ1n) is 9.55. The summed E-state index contributed by atoms with van der Waals surface area (Å²) < 4.78 is 10.3. The lowest BCUT2D eigenvalue weighted by atomic mass is 9.66. The van der Waals surface area contributed by atoms with Gasteiger partial charge in [-0.05, 0) is 48.8 Å². The summed E-state index contributed by atoms with van der Waals surface area (Å²) in [7, 11) is 1.40. The molecule has 0 spiro atoms. The summed E-state index contributed by atoms with van der Waals surface area (Å²) >= 11 is 0. The second-order valence-corrected chi connectivity index (χ2v) is 7.85. The molecule has 1 saturated carbocycles. The van der Waals surface area contributed by atoms with E-state index in [-0.39, 0.29) is 35.8 Å². The number of carbonyl (C=O) groups is 3. The maximum Gasteiger partial charge on any atom is 0.330 e. The van der Waals surface area contributed by atoms with Crippen molar-refractivity contribution in [2.75, 3.05) is 13.7 Å². The van der Waals surface area contributed by atoms with Crippen LogP contribution in [0.25, 0.3) is 0 Å². The summed E-state index contributed by atoms with van der Waals surface area (Å²) in [6.45, 7) is 5.61. The van der Waals surface area contributed by atoms with Crippen molar-refractivity contribution in [1.82, 2.24) is 5.32 Å². The van der Waals surface area contributed by atoms with Crippen LogP contribution in [0, 0.1) is 17.8 Å². The van der Waals surface area contributed by atoms with Gasteiger partial charge in [0.15, 0.2) is 11.5 Å². The van der Waals surface area contributed by atoms with Crippen LogP contribution in [0.2, 0.25) is 0 Å². The summed E-state index contributed by atoms with van der Waals surface area (Å²) in [4.78, 5) is 35.7. The lowest BCUT2D eigenvalue weighted by Crippen LogP contribution is -2.57. The van der Waals surface area contributed by atoms with Crippen molar-refractivity contribution in [1.29, 1.82) is 0 Å². The SMILES string of the molecule is COc1cc(C=O)ccc1OC(=O)CNC(=O)[C@]1(O)C[C@H](C)CC[C@H]1C(C)C. The molecule has 2 N–H and O–H groups in total. The molecule has 1 amide bonds. The standard InChI is InChI=1S/C21H29NO6/c1-13(2)16-7-5-14(3)10-21(16,26)20(25)22-11-19(24)28-17-8-6-15(12-23)9-18(17)27-4/h6,8-9,12-14,16,26H,5,7,10-11H2,1-4H3,(H,22,25)/t14-,16+,21+/m1/s1. The lowest BCUT2D eigenvalue weighted by molar-refractivity contribution is -0.157. The maximum absolute atomic E-state index is 12.7. The molecule has 0 unspecified atom stereocenters. The number of hydrogen-bond acceptors (Lipinski definition) is 6. The summed E-state index contributed by atoms with van der Waals surface area (Å²) in [6.07, 6.45) is 2.77. The van der Waals surface area contributed by atoms with Crippen molar-refractivity contribution in [3.63, 3.8) is 0 Å². The van der Waals surface area contributed by atoms with Gasteiger partial charge in [0.1, 0.15) is 18.4 Å². The van der Waals surface area contributed by atoms with Crippen LogP contribution < -0.4 is 14.8 Å². The lowest BCUT2D eigenvalue weighted by Gasteiger charge is -2.43. The molecule has 28 heavy (non-hydrogen) atoms. The zero-order chi connectivity index (χ0) is 20.9. The third-order valence-electron chi connectivity index (χ3n) is 5.38. The third kappa shape index (κ3) is 4.90. The molecule has 1 aliphatic rings. The van der Waals surface area contributed by atoms with E-state index in [2.05, 4.69) is 5.32 Å². The van der Waals surface area contributed by atoms with E-state index in [1.165, 1.54) is 25.3 Å². The van der Waals surface area contributed by atoms with Crippen LogP contribution in [0.15, 0.2) is 18.2 Å². The van der Waals surface area contributed by atoms with Crippen LogP contribution in [0.1, 0.15) is 50.4 Å². The average molecular weight is 391 g/mol. The van der Waals surface area contributed by atoms with Gasteiger partial charge in [-0.2, -0.15) is 0 Å². The number of carbonyl (C=O) groups excluding carboxylic acids is 3. The highest BCUT2D eigenvalue weighted by atomic mass is 16.6. The van der Waals surface area contributed by atoms with Gasteiger partial charge in [0, 0.05) is 5.56 Å². The smallest absolute Gasteiger partial charge is 0.330 e. The van der Waals surface area contributed by atoms with E-state index in [1.807, 2.05) is 20.8 Å². The molecule has 7 heteroatoms. The number of amides is 1. The molecule has 0 saturated heterocycles. The highest BCUT2D eigenvalue weighted by molar-refractivity contribution is 5.89. The van der Waals surface area contributed by atoms with Crippen LogP contribution in [0.5, 0.6) is 11.5 Å². The summed E-state index contributed by atoms with van der Waals surface area (Å²) in [5.74, 6) is -0.622. The number of methoxy groups -OCH3 is 1. The highest BCUT2D eigenvalue weighted by Crippen LogP contribution is 2.41. The Labute approximate surface area is 165 Å². The molecule has 1 aromatic carbocycles. The Balaban J connectivity index is 2.01. The van der Waals surface area contributed by atoms with Gasteiger partial charge in [-0.25, -0.2) is 4.79 Å². The van der Waals surface area contributed by atoms with Crippen LogP contribution >= 0.6 is 0 Å². The first-order chi connectivity index (χ1) is 13.2. The molecule has 154 valence electrons. The number of esters is 1. The number of benzene rings is 1. The maximum atomic E-state index is 12.7. The Morgan fingerprint density at radius 1 is 1.32 bits per heavy atom. The molecular weight excluding hydrogens is 362 g/mol. The molecule has 2 rings (SSSR count). The molecule has 0 heterocycles. The Morgan fingerprint density at radius 3 is 2.64 bits per heavy atom. The number of aliphatic hydroxyl groups is 1. The Bertz CT molecular complexity index is 732. The van der Waals surface area contributed by atoms with Crippen molar-refractivity contribution >= 4 is 18.2 Å². The van der Waals surface area contributed by atoms with Crippen LogP contribution in [0.3, 0.4) is 0 Å². The zero-order valence-electron chi connectivity index (χ0n) is 16.9. The van der Waals surface area contributed by atoms with Gasteiger partial charge in [0.2, 0.25) is 0 Å². The largest absolute Gasteiger partial charge is 0.493 e. The topological polar surface area (TPSA) is 102 Å². The molecule has 0 aromatic heterocycles. The van der Waals surface area contributed by atoms with Crippen molar-refractivity contribution in [2.45, 2.75) is 45.6 Å². The number of rotatable bonds is 7. The van der Waals surface area contributed by atoms with Gasteiger partial charge in [-0.3, -0.25) is 9.59 Å². The van der Waals surface area contributed by atoms with Crippen molar-refractivity contribution < 1.29 is 29.0 Å². The molecule has 1 aliphatic carbocycles. The van der Waals surface area contributed by atoms with E-state index in [0.717, 1.165) is 12.8 Å². The van der Waals surface area contributed by atoms with Gasteiger partial charge in [-0.15, -0.1) is 0 Å². The van der Waals surface area contributed by atoms with Gasteiger partial charge in [0.05, 0.1) is 7.11 Å². The second kappa shape index (κ2) is 9.19. The van der Waals surface area contributed by atoms with Gasteiger partial charge < -0.3 is 19.9 Å². The predicted molar refractivity (Wildman–Crippen MR) is 103 cm³/mol. The van der Waals surface area contributed by atoms with Gasteiger partial charge in [-0.1, -0.05) is 27.2 Å². The van der Waals surface area contributed by atoms with Gasteiger partial charge in [0.25, 0.3) is 5.91 Å². The minimum atomic E-state index is -1.49. The molecule has 1 fully saturated rings. The number of nitrogens with one attached hydrogen (secondary N) is 1. The molecular formula is C21H29NO6. The monoisotopic (exact) mass is 391 g/mol. The number of aldehydes is 1. The zero-order valence-corrected chi connectivity index (χ0v) is 16.9. The summed E-state index contributed by atoms with van der Waals surface area (Å²) in [5, 5.41) is 13.6. The minimum Gasteiger partial charge on any atom is -0.493 e. The van der Waals surface area contributed by atoms with Crippen molar-refractivity contribution in [2.24, 2.45) is 17.8 Å². The Hall–Kier alpha value is -2.41. The fraction of sp³-hybridized carbons (Fsp3) is 0.571. The number of hydrogen-bond donors (Lipinski definition) is 2. The molecule has 7 nitrogen and oxygen atoms in total. The first kappa shape index (κ1) is 21.9. The third-order valence-corrected chi connectivity index (χ3v) is 5.38. The fourth-order valence-corrected chi connectivity index (χ4v) is 3.94. The van der Waals surface area contributed by atoms with E-state index in [4.69, 9.17) is 9.47 Å². The molecule has 0 bridgehead atoms. The highest BCUT2D eigenvalue weighted by Gasteiger charge is 2.48. The number of ether oxygens (including phenoxy) is 2. The van der Waals surface area contributed by atoms with Gasteiger partial charge >= 0.3 is 5.97 Å². The average Bonchev–Trinajstić information content (AvgIpc) is 2.65. The second-order valence-electron chi connectivity index (χ2n) is 7.85. The normalized spacial score (nSPS) is 24.5. The van der Waals surface area contributed by atoms with Crippen LogP contribution in [-0.4, -0.2) is 42.5 Å². The molecule has 0 aliphatic heterocycles. The Kier molecular flexibility index (Phi) is 7.18. The minimum absolute atomic E-state index is 0.149. The summed E-state index contributed by atoms with van der Waals surface area (Å²) in [6, 6.07) is 4.40. The van der Waals surface area contributed by atoms with E-state index < -0.39 is 17.5 Å². The molecule has 3 atom stereocenters. The quantitative estimate of drug-likeness (QED) is 0.420.